The number of hydrogen-bond acceptors (Lipinski definition) is 2. The number of carbonyl (C=O) groups excluding carboxylic acids is 1. The minimum atomic E-state index is -0.0188. The second-order valence-electron chi connectivity index (χ2n) is 4.89. The lowest BCUT2D eigenvalue weighted by molar-refractivity contribution is 0.0987. The summed E-state index contributed by atoms with van der Waals surface area (Å²) in [4.78, 5) is 14.7. The van der Waals surface area contributed by atoms with E-state index in [4.69, 9.17) is 11.6 Å². The van der Waals surface area contributed by atoms with E-state index in [1.807, 2.05) is 29.2 Å². The van der Waals surface area contributed by atoms with Crippen molar-refractivity contribution >= 4 is 39.1 Å². The van der Waals surface area contributed by atoms with Gasteiger partial charge in [0.25, 0.3) is 5.91 Å². The van der Waals surface area contributed by atoms with Crippen LogP contribution in [0.4, 0.5) is 5.69 Å². The summed E-state index contributed by atoms with van der Waals surface area (Å²) in [6.45, 7) is 2.19. The van der Waals surface area contributed by atoms with Crippen molar-refractivity contribution in [2.75, 3.05) is 18.0 Å². The van der Waals surface area contributed by atoms with E-state index in [0.29, 0.717) is 17.1 Å². The quantitative estimate of drug-likeness (QED) is 0.832. The number of nitrogens with zero attached hydrogens (tertiary/aromatic N) is 1. The van der Waals surface area contributed by atoms with Gasteiger partial charge < -0.3 is 10.2 Å². The fourth-order valence-electron chi connectivity index (χ4n) is 2.48. The third kappa shape index (κ3) is 2.98. The molecule has 21 heavy (non-hydrogen) atoms. The topological polar surface area (TPSA) is 32.3 Å². The van der Waals surface area contributed by atoms with Crippen molar-refractivity contribution in [1.82, 2.24) is 5.32 Å². The van der Waals surface area contributed by atoms with Crippen LogP contribution in [0.25, 0.3) is 0 Å². The molecule has 1 heterocycles. The summed E-state index contributed by atoms with van der Waals surface area (Å²) in [5, 5.41) is 3.94. The van der Waals surface area contributed by atoms with E-state index in [1.165, 1.54) is 0 Å². The average molecular weight is 366 g/mol. The summed E-state index contributed by atoms with van der Waals surface area (Å²) in [6.07, 6.45) is 0. The first kappa shape index (κ1) is 14.6. The van der Waals surface area contributed by atoms with Crippen LogP contribution in [-0.4, -0.2) is 19.0 Å². The molecule has 0 aliphatic carbocycles. The zero-order chi connectivity index (χ0) is 14.8. The minimum Gasteiger partial charge on any atom is -0.311 e. The number of anilines is 1. The van der Waals surface area contributed by atoms with Gasteiger partial charge in [-0.25, -0.2) is 0 Å². The zero-order valence-corrected chi connectivity index (χ0v) is 13.6. The molecule has 1 amide bonds. The molecule has 0 unspecified atom stereocenters. The van der Waals surface area contributed by atoms with Crippen LogP contribution in [0.2, 0.25) is 5.02 Å². The van der Waals surface area contributed by atoms with E-state index in [1.54, 1.807) is 18.2 Å². The summed E-state index contributed by atoms with van der Waals surface area (Å²) >= 11 is 9.38. The largest absolute Gasteiger partial charge is 0.311 e. The Morgan fingerprint density at radius 2 is 2.05 bits per heavy atom. The molecule has 0 fully saturated rings. The van der Waals surface area contributed by atoms with E-state index in [-0.39, 0.29) is 5.91 Å². The van der Waals surface area contributed by atoms with Crippen molar-refractivity contribution in [3.05, 3.63) is 63.1 Å². The highest BCUT2D eigenvalue weighted by atomic mass is 79.9. The summed E-state index contributed by atoms with van der Waals surface area (Å²) in [5.41, 5.74) is 2.72. The predicted molar refractivity (Wildman–Crippen MR) is 89.0 cm³/mol. The molecule has 2 aromatic carbocycles. The van der Waals surface area contributed by atoms with Gasteiger partial charge in [-0.05, 0) is 45.8 Å². The number of hydrogen-bond donors (Lipinski definition) is 1. The van der Waals surface area contributed by atoms with Gasteiger partial charge in [0.2, 0.25) is 0 Å². The molecule has 108 valence electrons. The zero-order valence-electron chi connectivity index (χ0n) is 11.3. The van der Waals surface area contributed by atoms with Crippen LogP contribution in [0.1, 0.15) is 15.9 Å². The Morgan fingerprint density at radius 3 is 2.86 bits per heavy atom. The highest BCUT2D eigenvalue weighted by Gasteiger charge is 2.23. The van der Waals surface area contributed by atoms with Crippen LogP contribution >= 0.6 is 27.5 Å². The Hall–Kier alpha value is -1.36. The lowest BCUT2D eigenvalue weighted by Gasteiger charge is -2.23. The Balaban J connectivity index is 2.01. The van der Waals surface area contributed by atoms with Gasteiger partial charge in [-0.3, -0.25) is 4.79 Å². The Morgan fingerprint density at radius 1 is 1.24 bits per heavy atom. The highest BCUT2D eigenvalue weighted by Crippen LogP contribution is 2.27. The molecule has 1 aliphatic heterocycles. The molecule has 2 aromatic rings. The molecule has 0 saturated carbocycles. The molecule has 0 atom stereocenters. The third-order valence-corrected chi connectivity index (χ3v) is 4.41. The fourth-order valence-corrected chi connectivity index (χ4v) is 3.33. The number of rotatable bonds is 1. The van der Waals surface area contributed by atoms with E-state index in [0.717, 1.165) is 28.8 Å². The number of benzene rings is 2. The molecule has 1 aliphatic rings. The summed E-state index contributed by atoms with van der Waals surface area (Å²) in [5.74, 6) is -0.0188. The number of carbonyl (C=O) groups is 1. The molecule has 0 saturated heterocycles. The first-order valence-corrected chi connectivity index (χ1v) is 7.89. The van der Waals surface area contributed by atoms with Crippen molar-refractivity contribution in [2.45, 2.75) is 6.54 Å². The van der Waals surface area contributed by atoms with Gasteiger partial charge in [0.1, 0.15) is 0 Å². The second-order valence-corrected chi connectivity index (χ2v) is 6.18. The number of nitrogens with one attached hydrogen (secondary N) is 1. The van der Waals surface area contributed by atoms with Gasteiger partial charge in [-0.15, -0.1) is 0 Å². The van der Waals surface area contributed by atoms with Gasteiger partial charge in [-0.1, -0.05) is 29.8 Å². The lowest BCUT2D eigenvalue weighted by atomic mass is 10.1. The van der Waals surface area contributed by atoms with Gasteiger partial charge in [0, 0.05) is 34.8 Å². The maximum Gasteiger partial charge on any atom is 0.259 e. The normalized spacial score (nSPS) is 14.5. The fraction of sp³-hybridized carbons (Fsp3) is 0.188. The SMILES string of the molecule is O=C(c1ccc(Cl)cc1Br)N1CCNCc2ccccc21. The van der Waals surface area contributed by atoms with E-state index < -0.39 is 0 Å². The Kier molecular flexibility index (Phi) is 4.29. The van der Waals surface area contributed by atoms with Gasteiger partial charge in [-0.2, -0.15) is 0 Å². The highest BCUT2D eigenvalue weighted by molar-refractivity contribution is 9.10. The van der Waals surface area contributed by atoms with Crippen LogP contribution in [0, 0.1) is 0 Å². The monoisotopic (exact) mass is 364 g/mol. The van der Waals surface area contributed by atoms with Crippen LogP contribution in [0.5, 0.6) is 0 Å². The van der Waals surface area contributed by atoms with Gasteiger partial charge >= 0.3 is 0 Å². The number of fused-ring (bicyclic) bond motifs is 1. The molecule has 1 N–H and O–H groups in total. The Labute approximate surface area is 137 Å². The van der Waals surface area contributed by atoms with Crippen LogP contribution in [0.3, 0.4) is 0 Å². The molecule has 0 spiro atoms. The molecule has 0 radical (unpaired) electrons. The van der Waals surface area contributed by atoms with E-state index in [2.05, 4.69) is 21.2 Å². The molecule has 0 bridgehead atoms. The second kappa shape index (κ2) is 6.18. The minimum absolute atomic E-state index is 0.0188. The third-order valence-electron chi connectivity index (χ3n) is 3.52. The summed E-state index contributed by atoms with van der Waals surface area (Å²) < 4.78 is 0.717. The van der Waals surface area contributed by atoms with Crippen molar-refractivity contribution in [2.24, 2.45) is 0 Å². The van der Waals surface area contributed by atoms with Crippen LogP contribution in [-0.2, 0) is 6.54 Å². The lowest BCUT2D eigenvalue weighted by Crippen LogP contribution is -2.34. The van der Waals surface area contributed by atoms with Crippen molar-refractivity contribution in [3.63, 3.8) is 0 Å². The summed E-state index contributed by atoms with van der Waals surface area (Å²) in [7, 11) is 0. The molecule has 3 nitrogen and oxygen atoms in total. The standard InChI is InChI=1S/C16H14BrClN2O/c17-14-9-12(18)5-6-13(14)16(21)20-8-7-19-10-11-3-1-2-4-15(11)20/h1-6,9,19H,7-8,10H2. The van der Waals surface area contributed by atoms with Crippen molar-refractivity contribution in [1.29, 1.82) is 0 Å². The van der Waals surface area contributed by atoms with Gasteiger partial charge in [0.05, 0.1) is 5.56 Å². The molecule has 3 rings (SSSR count). The molecule has 5 heteroatoms. The van der Waals surface area contributed by atoms with Gasteiger partial charge in [0.15, 0.2) is 0 Å². The maximum atomic E-state index is 12.9. The Bertz CT molecular complexity index is 690. The first-order valence-electron chi connectivity index (χ1n) is 6.72. The molecule has 0 aromatic heterocycles. The molecular formula is C16H14BrClN2O. The first-order chi connectivity index (χ1) is 10.2. The van der Waals surface area contributed by atoms with Crippen molar-refractivity contribution in [3.8, 4) is 0 Å². The smallest absolute Gasteiger partial charge is 0.259 e. The number of halogens is 2. The van der Waals surface area contributed by atoms with Crippen molar-refractivity contribution < 1.29 is 4.79 Å². The van der Waals surface area contributed by atoms with E-state index in [9.17, 15) is 4.79 Å². The van der Waals surface area contributed by atoms with Crippen LogP contribution in [0.15, 0.2) is 46.9 Å². The predicted octanol–water partition coefficient (Wildman–Crippen LogP) is 3.85. The molecular weight excluding hydrogens is 352 g/mol. The average Bonchev–Trinajstić information content (AvgIpc) is 2.69. The summed E-state index contributed by atoms with van der Waals surface area (Å²) in [6, 6.07) is 13.2. The van der Waals surface area contributed by atoms with E-state index >= 15 is 0 Å². The number of para-hydroxylation sites is 1. The number of amides is 1. The van der Waals surface area contributed by atoms with Crippen LogP contribution < -0.4 is 10.2 Å². The maximum absolute atomic E-state index is 12.9.